The fourth-order valence-corrected chi connectivity index (χ4v) is 3.19. The summed E-state index contributed by atoms with van der Waals surface area (Å²) in [5.74, 6) is -0.866. The van der Waals surface area contributed by atoms with E-state index < -0.39 is 11.9 Å². The second kappa shape index (κ2) is 7.13. The van der Waals surface area contributed by atoms with Crippen molar-refractivity contribution in [2.45, 2.75) is 33.6 Å². The Hall–Kier alpha value is -1.88. The van der Waals surface area contributed by atoms with E-state index in [1.54, 1.807) is 6.92 Å². The van der Waals surface area contributed by atoms with Gasteiger partial charge in [-0.05, 0) is 45.4 Å². The number of carbonyl (C=O) groups excluding carboxylic acids is 2. The lowest BCUT2D eigenvalue weighted by Crippen LogP contribution is -2.31. The number of hydrogen-bond acceptors (Lipinski definition) is 4. The van der Waals surface area contributed by atoms with Gasteiger partial charge in [0.1, 0.15) is 0 Å². The van der Waals surface area contributed by atoms with Crippen molar-refractivity contribution >= 4 is 27.7 Å². The molecule has 1 N–H and O–H groups in total. The average molecular weight is 378 g/mol. The molecule has 0 unspecified atom stereocenters. The minimum atomic E-state index is -0.416. The third-order valence-electron chi connectivity index (χ3n) is 3.84. The topological polar surface area (TPSA) is 55.4 Å². The molecule has 0 bridgehead atoms. The van der Waals surface area contributed by atoms with Crippen LogP contribution in [0.2, 0.25) is 0 Å². The molecule has 0 saturated heterocycles. The van der Waals surface area contributed by atoms with E-state index in [4.69, 9.17) is 4.74 Å². The van der Waals surface area contributed by atoms with Crippen molar-refractivity contribution in [3.05, 3.63) is 56.8 Å². The van der Waals surface area contributed by atoms with Gasteiger partial charge in [0.2, 0.25) is 0 Å². The summed E-state index contributed by atoms with van der Waals surface area (Å²) in [7, 11) is 0. The van der Waals surface area contributed by atoms with E-state index in [0.29, 0.717) is 17.8 Å². The fourth-order valence-electron chi connectivity index (χ4n) is 2.93. The Labute approximate surface area is 144 Å². The average Bonchev–Trinajstić information content (AvgIpc) is 2.46. The molecule has 0 saturated carbocycles. The maximum atomic E-state index is 12.5. The monoisotopic (exact) mass is 377 g/mol. The number of ether oxygens (including phenoxy) is 1. The third-order valence-corrected chi connectivity index (χ3v) is 4.37. The number of ketones is 1. The maximum Gasteiger partial charge on any atom is 0.336 e. The predicted molar refractivity (Wildman–Crippen MR) is 92.7 cm³/mol. The van der Waals surface area contributed by atoms with Crippen LogP contribution < -0.4 is 5.32 Å². The van der Waals surface area contributed by atoms with Gasteiger partial charge in [-0.3, -0.25) is 4.79 Å². The van der Waals surface area contributed by atoms with Crippen LogP contribution in [-0.2, 0) is 14.3 Å². The number of hydrogen-bond donors (Lipinski definition) is 1. The maximum absolute atomic E-state index is 12.5. The Morgan fingerprint density at radius 2 is 1.70 bits per heavy atom. The molecule has 122 valence electrons. The van der Waals surface area contributed by atoms with Crippen molar-refractivity contribution in [3.63, 3.8) is 0 Å². The molecule has 1 aromatic rings. The molecule has 0 aromatic heterocycles. The molecule has 0 aliphatic carbocycles. The number of benzene rings is 1. The lowest BCUT2D eigenvalue weighted by molar-refractivity contribution is -0.138. The highest BCUT2D eigenvalue weighted by Gasteiger charge is 2.35. The summed E-state index contributed by atoms with van der Waals surface area (Å²) >= 11 is 3.41. The van der Waals surface area contributed by atoms with Crippen LogP contribution in [0.15, 0.2) is 51.3 Å². The summed E-state index contributed by atoms with van der Waals surface area (Å²) in [5.41, 5.74) is 3.47. The number of allylic oxidation sites excluding steroid dienone is 3. The van der Waals surface area contributed by atoms with Gasteiger partial charge in [-0.15, -0.1) is 0 Å². The highest BCUT2D eigenvalue weighted by Crippen LogP contribution is 2.39. The summed E-state index contributed by atoms with van der Waals surface area (Å²) in [6, 6.07) is 7.65. The summed E-state index contributed by atoms with van der Waals surface area (Å²) < 4.78 is 6.15. The standard InChI is InChI=1S/C18H20BrNO3/c1-5-23-18(22)16-11(3)20-10(2)15(12(4)21)17(16)13-6-8-14(19)9-7-13/h6-9,17,20H,5H2,1-4H3/t17-/m1/s1. The summed E-state index contributed by atoms with van der Waals surface area (Å²) in [6.07, 6.45) is 0. The Kier molecular flexibility index (Phi) is 5.42. The Balaban J connectivity index is 2.63. The first-order valence-corrected chi connectivity index (χ1v) is 8.28. The lowest BCUT2D eigenvalue weighted by Gasteiger charge is -2.30. The third kappa shape index (κ3) is 3.55. The number of nitrogens with one attached hydrogen (secondary N) is 1. The van der Waals surface area contributed by atoms with Gasteiger partial charge in [0.15, 0.2) is 5.78 Å². The quantitative estimate of drug-likeness (QED) is 0.809. The van der Waals surface area contributed by atoms with Crippen LogP contribution in [0.3, 0.4) is 0 Å². The smallest absolute Gasteiger partial charge is 0.336 e. The minimum Gasteiger partial charge on any atom is -0.463 e. The zero-order chi connectivity index (χ0) is 17.1. The van der Waals surface area contributed by atoms with Gasteiger partial charge in [-0.25, -0.2) is 4.79 Å². The molecule has 1 atom stereocenters. The van der Waals surface area contributed by atoms with Crippen molar-refractivity contribution in [1.29, 1.82) is 0 Å². The molecule has 1 aliphatic rings. The van der Waals surface area contributed by atoms with Gasteiger partial charge in [0, 0.05) is 27.4 Å². The van der Waals surface area contributed by atoms with Crippen LogP contribution in [0.5, 0.6) is 0 Å². The van der Waals surface area contributed by atoms with Crippen molar-refractivity contribution < 1.29 is 14.3 Å². The first-order valence-electron chi connectivity index (χ1n) is 7.48. The van der Waals surface area contributed by atoms with Gasteiger partial charge < -0.3 is 10.1 Å². The molecular weight excluding hydrogens is 358 g/mol. The predicted octanol–water partition coefficient (Wildman–Crippen LogP) is 3.84. The SMILES string of the molecule is CCOC(=O)C1=C(C)NC(C)=C(C(C)=O)[C@H]1c1ccc(Br)cc1. The number of carbonyl (C=O) groups is 2. The van der Waals surface area contributed by atoms with Crippen molar-refractivity contribution in [3.8, 4) is 0 Å². The van der Waals surface area contributed by atoms with E-state index in [-0.39, 0.29) is 5.78 Å². The minimum absolute atomic E-state index is 0.0581. The van der Waals surface area contributed by atoms with Crippen LogP contribution in [-0.4, -0.2) is 18.4 Å². The Morgan fingerprint density at radius 3 is 2.22 bits per heavy atom. The van der Waals surface area contributed by atoms with Crippen LogP contribution in [0.1, 0.15) is 39.2 Å². The molecule has 5 heteroatoms. The summed E-state index contributed by atoms with van der Waals surface area (Å²) in [4.78, 5) is 24.7. The van der Waals surface area contributed by atoms with E-state index in [1.807, 2.05) is 38.1 Å². The number of halogens is 1. The molecule has 4 nitrogen and oxygen atoms in total. The molecule has 0 fully saturated rings. The second-order valence-corrected chi connectivity index (χ2v) is 6.38. The van der Waals surface area contributed by atoms with Gasteiger partial charge in [0.05, 0.1) is 12.2 Å². The van der Waals surface area contributed by atoms with E-state index >= 15 is 0 Å². The summed E-state index contributed by atoms with van der Waals surface area (Å²) in [5, 5.41) is 3.14. The molecule has 1 aliphatic heterocycles. The number of esters is 1. The zero-order valence-corrected chi connectivity index (χ0v) is 15.3. The van der Waals surface area contributed by atoms with Crippen molar-refractivity contribution in [1.82, 2.24) is 5.32 Å². The highest BCUT2D eigenvalue weighted by atomic mass is 79.9. The number of dihydropyridines is 1. The molecule has 1 heterocycles. The first kappa shape index (κ1) is 17.5. The number of rotatable bonds is 4. The van der Waals surface area contributed by atoms with Crippen LogP contribution in [0, 0.1) is 0 Å². The molecule has 0 radical (unpaired) electrons. The summed E-state index contributed by atoms with van der Waals surface area (Å²) in [6.45, 7) is 7.27. The fraction of sp³-hybridized carbons (Fsp3) is 0.333. The molecule has 0 amide bonds. The van der Waals surface area contributed by atoms with Crippen LogP contribution >= 0.6 is 15.9 Å². The molecule has 1 aromatic carbocycles. The highest BCUT2D eigenvalue weighted by molar-refractivity contribution is 9.10. The van der Waals surface area contributed by atoms with E-state index in [2.05, 4.69) is 21.2 Å². The van der Waals surface area contributed by atoms with Gasteiger partial charge in [-0.2, -0.15) is 0 Å². The van der Waals surface area contributed by atoms with E-state index in [1.165, 1.54) is 6.92 Å². The molecule has 23 heavy (non-hydrogen) atoms. The molecular formula is C18H20BrNO3. The van der Waals surface area contributed by atoms with Crippen molar-refractivity contribution in [2.24, 2.45) is 0 Å². The Bertz CT molecular complexity index is 701. The van der Waals surface area contributed by atoms with Gasteiger partial charge in [0.25, 0.3) is 0 Å². The van der Waals surface area contributed by atoms with E-state index in [0.717, 1.165) is 21.4 Å². The first-order chi connectivity index (χ1) is 10.9. The van der Waals surface area contributed by atoms with Gasteiger partial charge >= 0.3 is 5.97 Å². The second-order valence-electron chi connectivity index (χ2n) is 5.46. The van der Waals surface area contributed by atoms with Crippen LogP contribution in [0.4, 0.5) is 0 Å². The van der Waals surface area contributed by atoms with E-state index in [9.17, 15) is 9.59 Å². The van der Waals surface area contributed by atoms with Crippen molar-refractivity contribution in [2.75, 3.05) is 6.61 Å². The van der Waals surface area contributed by atoms with Gasteiger partial charge in [-0.1, -0.05) is 28.1 Å². The normalized spacial score (nSPS) is 17.9. The Morgan fingerprint density at radius 1 is 1.13 bits per heavy atom. The largest absolute Gasteiger partial charge is 0.463 e. The molecule has 0 spiro atoms. The zero-order valence-electron chi connectivity index (χ0n) is 13.7. The molecule has 2 rings (SSSR count). The van der Waals surface area contributed by atoms with Crippen LogP contribution in [0.25, 0.3) is 0 Å². The lowest BCUT2D eigenvalue weighted by atomic mass is 9.79. The number of Topliss-reactive ketones (excluding diaryl/α,β-unsaturated/α-hetero) is 1.